The molecule has 0 saturated carbocycles. The van der Waals surface area contributed by atoms with Crippen LogP contribution in [0.2, 0.25) is 0 Å². The number of aryl methyl sites for hydroxylation is 2. The van der Waals surface area contributed by atoms with Gasteiger partial charge in [-0.05, 0) is 86.4 Å². The summed E-state index contributed by atoms with van der Waals surface area (Å²) in [5.74, 6) is -0.394. The lowest BCUT2D eigenvalue weighted by Crippen LogP contribution is -2.32. The Hall–Kier alpha value is -6.18. The molecular weight excluding hydrogens is 729 g/mol. The summed E-state index contributed by atoms with van der Waals surface area (Å²) < 4.78 is 28.1. The van der Waals surface area contributed by atoms with E-state index in [9.17, 15) is 19.5 Å². The van der Waals surface area contributed by atoms with Gasteiger partial charge in [0.15, 0.2) is 18.1 Å². The molecule has 0 aromatic heterocycles. The molecule has 3 aromatic carbocycles. The Kier molecular flexibility index (Phi) is 15.2. The highest BCUT2D eigenvalue weighted by Crippen LogP contribution is 2.43. The molecule has 13 nitrogen and oxygen atoms in total. The molecule has 0 unspecified atom stereocenters. The van der Waals surface area contributed by atoms with Gasteiger partial charge in [-0.1, -0.05) is 24.3 Å². The molecule has 57 heavy (non-hydrogen) atoms. The predicted octanol–water partition coefficient (Wildman–Crippen LogP) is 6.02. The van der Waals surface area contributed by atoms with Crippen LogP contribution >= 0.6 is 0 Å². The predicted molar refractivity (Wildman–Crippen MR) is 220 cm³/mol. The van der Waals surface area contributed by atoms with E-state index in [-0.39, 0.29) is 24.8 Å². The van der Waals surface area contributed by atoms with Gasteiger partial charge >= 0.3 is 5.97 Å². The summed E-state index contributed by atoms with van der Waals surface area (Å²) in [6.45, 7) is 10.6. The first-order valence-corrected chi connectivity index (χ1v) is 18.9. The topological polar surface area (TPSA) is 170 Å². The fourth-order valence-corrected chi connectivity index (χ4v) is 6.20. The summed E-state index contributed by atoms with van der Waals surface area (Å²) in [5.41, 5.74) is 6.97. The molecule has 3 aromatic rings. The number of phenolic OH excluding ortho intramolecular Hbond substituents is 1. The molecule has 13 heteroatoms. The van der Waals surface area contributed by atoms with Gasteiger partial charge in [0.2, 0.25) is 5.91 Å². The number of hydrogen-bond donors (Lipinski definition) is 4. The quantitative estimate of drug-likeness (QED) is 0.0337. The number of carbonyl (C=O) groups excluding carboxylic acids is 3. The summed E-state index contributed by atoms with van der Waals surface area (Å²) in [4.78, 5) is 42.9. The molecule has 0 spiro atoms. The Bertz CT molecular complexity index is 2260. The molecule has 1 aliphatic carbocycles. The normalized spacial score (nSPS) is 11.6. The number of rotatable bonds is 19. The zero-order valence-corrected chi connectivity index (χ0v) is 33.0. The second kappa shape index (κ2) is 20.7. The number of anilines is 1. The lowest BCUT2D eigenvalue weighted by atomic mass is 9.89. The van der Waals surface area contributed by atoms with Crippen LogP contribution in [0.1, 0.15) is 40.9 Å². The average Bonchev–Trinajstić information content (AvgIpc) is 3.20. The highest BCUT2D eigenvalue weighted by molar-refractivity contribution is 6.08. The number of nitrogens with zero attached hydrogens (tertiary/aromatic N) is 1. The first-order valence-electron chi connectivity index (χ1n) is 18.9. The standard InChI is InChI=1S/C44H50N4O9/c1-6-45-35-25-38-33(22-28(35)3)43(34-23-29(4)36(46-7-2)26-39(34)57-38)31-10-8-9-11-32(31)44(52)56-27-42(51)48-17-19-55-21-20-54-18-16-47-41(50)15-13-30-12-14-37(49)40(24-30)53-5/h8-15,22-26,45,49H,6-7,16-21,27H2,1-5H3,(H,47,50)(H,48,51)/b15-13+,46-36+. The lowest BCUT2D eigenvalue weighted by molar-refractivity contribution is -0.124. The van der Waals surface area contributed by atoms with Crippen LogP contribution in [0.3, 0.4) is 0 Å². The van der Waals surface area contributed by atoms with Crippen molar-refractivity contribution >= 4 is 40.5 Å². The zero-order valence-electron chi connectivity index (χ0n) is 33.0. The van der Waals surface area contributed by atoms with Gasteiger partial charge in [-0.25, -0.2) is 4.79 Å². The molecular formula is C44H50N4O9. The molecule has 0 fully saturated rings. The molecule has 0 radical (unpaired) electrons. The summed E-state index contributed by atoms with van der Waals surface area (Å²) >= 11 is 0. The summed E-state index contributed by atoms with van der Waals surface area (Å²) in [7, 11) is 1.45. The number of phenols is 1. The van der Waals surface area contributed by atoms with E-state index in [1.165, 1.54) is 19.3 Å². The van der Waals surface area contributed by atoms with Gasteiger partial charge in [0.1, 0.15) is 11.3 Å². The highest BCUT2D eigenvalue weighted by atomic mass is 16.5. The molecule has 1 heterocycles. The maximum Gasteiger partial charge on any atom is 0.339 e. The summed E-state index contributed by atoms with van der Waals surface area (Å²) in [6, 6.07) is 20.0. The van der Waals surface area contributed by atoms with Crippen LogP contribution in [0.15, 0.2) is 82.2 Å². The molecule has 0 bridgehead atoms. The van der Waals surface area contributed by atoms with Gasteiger partial charge < -0.3 is 44.4 Å². The summed E-state index contributed by atoms with van der Waals surface area (Å²) in [6.07, 6.45) is 3.00. The monoisotopic (exact) mass is 778 g/mol. The Labute approximate surface area is 332 Å². The smallest absolute Gasteiger partial charge is 0.339 e. The van der Waals surface area contributed by atoms with Crippen LogP contribution in [0, 0.1) is 13.8 Å². The van der Waals surface area contributed by atoms with Gasteiger partial charge in [-0.3, -0.25) is 14.6 Å². The third-order valence-corrected chi connectivity index (χ3v) is 8.95. The van der Waals surface area contributed by atoms with Crippen molar-refractivity contribution in [2.75, 3.05) is 71.6 Å². The number of methoxy groups -OCH3 is 1. The van der Waals surface area contributed by atoms with Crippen molar-refractivity contribution < 1.29 is 42.9 Å². The van der Waals surface area contributed by atoms with Crippen molar-refractivity contribution in [1.29, 1.82) is 0 Å². The van der Waals surface area contributed by atoms with E-state index in [4.69, 9.17) is 23.4 Å². The maximum atomic E-state index is 13.6. The first-order chi connectivity index (χ1) is 27.6. The van der Waals surface area contributed by atoms with Crippen LogP contribution in [0.4, 0.5) is 5.69 Å². The molecule has 1 aliphatic heterocycles. The molecule has 0 saturated heterocycles. The van der Waals surface area contributed by atoms with Crippen molar-refractivity contribution in [3.8, 4) is 33.9 Å². The Morgan fingerprint density at radius 1 is 0.860 bits per heavy atom. The maximum absolute atomic E-state index is 13.6. The van der Waals surface area contributed by atoms with Crippen molar-refractivity contribution in [3.05, 3.63) is 100 Å². The van der Waals surface area contributed by atoms with Crippen molar-refractivity contribution in [2.24, 2.45) is 4.99 Å². The van der Waals surface area contributed by atoms with Gasteiger partial charge in [0, 0.05) is 66.6 Å². The van der Waals surface area contributed by atoms with Gasteiger partial charge in [0.25, 0.3) is 5.91 Å². The minimum atomic E-state index is -0.628. The third kappa shape index (κ3) is 11.2. The SMILES string of the molecule is CC/N=c1\cc2oc3cc(NCC)c(C)cc3c(-c3ccccc3C(=O)OCC(=O)NCCOCCOCCNC(=O)/C=C/c3ccc(O)c(OC)c3)c-2cc1C. The van der Waals surface area contributed by atoms with Crippen molar-refractivity contribution in [2.45, 2.75) is 27.7 Å². The summed E-state index contributed by atoms with van der Waals surface area (Å²) in [5, 5.41) is 20.2. The molecule has 2 aliphatic rings. The van der Waals surface area contributed by atoms with Crippen LogP contribution in [-0.4, -0.2) is 89.2 Å². The Balaban J connectivity index is 1.10. The largest absolute Gasteiger partial charge is 0.504 e. The average molecular weight is 779 g/mol. The highest BCUT2D eigenvalue weighted by Gasteiger charge is 2.24. The van der Waals surface area contributed by atoms with Crippen LogP contribution < -0.4 is 26.0 Å². The fourth-order valence-electron chi connectivity index (χ4n) is 6.20. The first kappa shape index (κ1) is 42.0. The van der Waals surface area contributed by atoms with Crippen molar-refractivity contribution in [1.82, 2.24) is 10.6 Å². The minimum absolute atomic E-state index is 0.0219. The second-order valence-electron chi connectivity index (χ2n) is 13.0. The van der Waals surface area contributed by atoms with Gasteiger partial charge in [-0.15, -0.1) is 0 Å². The lowest BCUT2D eigenvalue weighted by Gasteiger charge is -2.19. The molecule has 2 amide bonds. The van der Waals surface area contributed by atoms with E-state index in [1.54, 1.807) is 30.3 Å². The Morgan fingerprint density at radius 3 is 2.35 bits per heavy atom. The van der Waals surface area contributed by atoms with Crippen LogP contribution in [0.5, 0.6) is 11.5 Å². The van der Waals surface area contributed by atoms with E-state index in [0.29, 0.717) is 66.7 Å². The molecule has 4 N–H and O–H groups in total. The number of benzene rings is 4. The fraction of sp³-hybridized carbons (Fsp3) is 0.318. The van der Waals surface area contributed by atoms with E-state index in [2.05, 4.69) is 27.0 Å². The van der Waals surface area contributed by atoms with E-state index < -0.39 is 18.5 Å². The number of hydrogen-bond acceptors (Lipinski definition) is 11. The Morgan fingerprint density at radius 2 is 1.61 bits per heavy atom. The second-order valence-corrected chi connectivity index (χ2v) is 13.0. The number of esters is 1. The number of nitrogens with one attached hydrogen (secondary N) is 3. The number of amides is 2. The molecule has 5 rings (SSSR count). The van der Waals surface area contributed by atoms with Crippen molar-refractivity contribution in [3.63, 3.8) is 0 Å². The van der Waals surface area contributed by atoms with Crippen LogP contribution in [-0.2, 0) is 23.8 Å². The number of fused-ring (bicyclic) bond motifs is 2. The zero-order chi connectivity index (χ0) is 40.7. The number of ether oxygens (including phenoxy) is 4. The molecule has 0 atom stereocenters. The van der Waals surface area contributed by atoms with Gasteiger partial charge in [0.05, 0.1) is 44.5 Å². The van der Waals surface area contributed by atoms with E-state index in [0.717, 1.165) is 45.2 Å². The van der Waals surface area contributed by atoms with Crippen LogP contribution in [0.25, 0.3) is 39.5 Å². The van der Waals surface area contributed by atoms with E-state index in [1.807, 2.05) is 58.0 Å². The van der Waals surface area contributed by atoms with E-state index >= 15 is 0 Å². The molecule has 300 valence electrons. The number of aromatic hydroxyl groups is 1. The third-order valence-electron chi connectivity index (χ3n) is 8.95. The number of carbonyl (C=O) groups is 3. The van der Waals surface area contributed by atoms with Gasteiger partial charge in [-0.2, -0.15) is 0 Å². The minimum Gasteiger partial charge on any atom is -0.504 e.